The first-order valence-electron chi connectivity index (χ1n) is 9.05. The van der Waals surface area contributed by atoms with Crippen LogP contribution in [-0.4, -0.2) is 21.5 Å². The zero-order valence-electron chi connectivity index (χ0n) is 16.9. The van der Waals surface area contributed by atoms with E-state index in [1.807, 2.05) is 50.6 Å². The molecule has 5 nitrogen and oxygen atoms in total. The van der Waals surface area contributed by atoms with Gasteiger partial charge in [0.15, 0.2) is 0 Å². The molecule has 0 aliphatic heterocycles. The third-order valence-corrected chi connectivity index (χ3v) is 4.66. The number of carbonyl (C=O) groups is 1. The molecule has 1 heterocycles. The lowest BCUT2D eigenvalue weighted by molar-refractivity contribution is -0.117. The van der Waals surface area contributed by atoms with Crippen molar-refractivity contribution >= 4 is 47.4 Å². The van der Waals surface area contributed by atoms with Crippen molar-refractivity contribution in [2.45, 2.75) is 33.2 Å². The zero-order chi connectivity index (χ0) is 19.7. The number of imidazole rings is 1. The van der Waals surface area contributed by atoms with Gasteiger partial charge < -0.3 is 15.6 Å². The molecule has 2 aromatic carbocycles. The first-order valence-corrected chi connectivity index (χ1v) is 9.05. The summed E-state index contributed by atoms with van der Waals surface area (Å²) in [6, 6.07) is 9.75. The normalized spacial score (nSPS) is 11.7. The Morgan fingerprint density at radius 1 is 1.21 bits per heavy atom. The van der Waals surface area contributed by atoms with Gasteiger partial charge in [-0.25, -0.2) is 9.37 Å². The highest BCUT2D eigenvalue weighted by molar-refractivity contribution is 5.96. The minimum absolute atomic E-state index is 0. The van der Waals surface area contributed by atoms with Crippen molar-refractivity contribution in [2.75, 3.05) is 5.32 Å². The number of aromatic nitrogens is 2. The Labute approximate surface area is 182 Å². The molecule has 3 N–H and O–H groups in total. The predicted molar refractivity (Wildman–Crippen MR) is 121 cm³/mol. The lowest BCUT2D eigenvalue weighted by Crippen LogP contribution is -2.36. The number of rotatable bonds is 5. The largest absolute Gasteiger partial charge is 0.327 e. The third-order valence-electron chi connectivity index (χ3n) is 4.66. The van der Waals surface area contributed by atoms with Gasteiger partial charge in [0.05, 0.1) is 17.1 Å². The first kappa shape index (κ1) is 24.9. The second-order valence-corrected chi connectivity index (χ2v) is 7.38. The zero-order valence-corrected chi connectivity index (χ0v) is 18.5. The fourth-order valence-corrected chi connectivity index (χ4v) is 3.17. The molecule has 3 aromatic rings. The number of nitrogens with two attached hydrogens (primary N) is 1. The minimum Gasteiger partial charge on any atom is -0.327 e. The Hall–Kier alpha value is -2.15. The summed E-state index contributed by atoms with van der Waals surface area (Å²) in [5.41, 5.74) is 9.91. The van der Waals surface area contributed by atoms with Crippen molar-refractivity contribution in [1.29, 1.82) is 0 Å². The van der Waals surface area contributed by atoms with E-state index in [1.54, 1.807) is 6.07 Å². The van der Waals surface area contributed by atoms with E-state index in [2.05, 4.69) is 10.3 Å². The average Bonchev–Trinajstić information content (AvgIpc) is 2.92. The van der Waals surface area contributed by atoms with Crippen LogP contribution < -0.4 is 11.1 Å². The van der Waals surface area contributed by atoms with Crippen LogP contribution in [0.15, 0.2) is 36.4 Å². The van der Waals surface area contributed by atoms with Crippen LogP contribution in [0.2, 0.25) is 0 Å². The first-order chi connectivity index (χ1) is 12.8. The fourth-order valence-electron chi connectivity index (χ4n) is 3.17. The molecule has 8 heteroatoms. The number of anilines is 1. The highest BCUT2D eigenvalue weighted by atomic mass is 35.5. The van der Waals surface area contributed by atoms with Gasteiger partial charge in [-0.2, -0.15) is 0 Å². The quantitative estimate of drug-likeness (QED) is 0.595. The van der Waals surface area contributed by atoms with E-state index in [4.69, 9.17) is 5.73 Å². The van der Waals surface area contributed by atoms with Crippen LogP contribution in [0.1, 0.15) is 25.8 Å². The minimum atomic E-state index is -0.549. The van der Waals surface area contributed by atoms with E-state index in [-0.39, 0.29) is 36.5 Å². The van der Waals surface area contributed by atoms with Crippen molar-refractivity contribution in [3.63, 3.8) is 0 Å². The van der Waals surface area contributed by atoms with Crippen molar-refractivity contribution in [1.82, 2.24) is 9.55 Å². The molecule has 158 valence electrons. The van der Waals surface area contributed by atoms with Crippen LogP contribution in [-0.2, 0) is 11.8 Å². The summed E-state index contributed by atoms with van der Waals surface area (Å²) in [5.74, 6) is 0.537. The predicted octanol–water partition coefficient (Wildman–Crippen LogP) is 4.84. The van der Waals surface area contributed by atoms with Crippen molar-refractivity contribution in [3.8, 4) is 11.4 Å². The van der Waals surface area contributed by atoms with Crippen molar-refractivity contribution < 1.29 is 9.18 Å². The summed E-state index contributed by atoms with van der Waals surface area (Å²) in [4.78, 5) is 16.9. The van der Waals surface area contributed by atoms with Gasteiger partial charge in [0.2, 0.25) is 5.91 Å². The number of nitrogens with zero attached hydrogens (tertiary/aromatic N) is 2. The van der Waals surface area contributed by atoms with E-state index < -0.39 is 6.04 Å². The number of nitrogens with one attached hydrogen (secondary N) is 1. The molecule has 0 saturated carbocycles. The Balaban J connectivity index is 0.00000210. The van der Waals surface area contributed by atoms with E-state index in [0.717, 1.165) is 16.6 Å². The summed E-state index contributed by atoms with van der Waals surface area (Å²) in [6.45, 7) is 6.00. The lowest BCUT2D eigenvalue weighted by Gasteiger charge is -2.16. The van der Waals surface area contributed by atoms with Crippen LogP contribution in [0.25, 0.3) is 22.4 Å². The van der Waals surface area contributed by atoms with Crippen LogP contribution in [0, 0.1) is 18.7 Å². The monoisotopic (exact) mass is 440 g/mol. The van der Waals surface area contributed by atoms with Gasteiger partial charge >= 0.3 is 0 Å². The summed E-state index contributed by atoms with van der Waals surface area (Å²) >= 11 is 0. The number of benzene rings is 2. The van der Waals surface area contributed by atoms with Crippen LogP contribution >= 0.6 is 24.8 Å². The maximum absolute atomic E-state index is 13.5. The highest BCUT2D eigenvalue weighted by Crippen LogP contribution is 2.28. The molecule has 1 aromatic heterocycles. The van der Waals surface area contributed by atoms with Crippen LogP contribution in [0.4, 0.5) is 10.1 Å². The van der Waals surface area contributed by atoms with E-state index in [9.17, 15) is 9.18 Å². The average molecular weight is 441 g/mol. The van der Waals surface area contributed by atoms with E-state index >= 15 is 0 Å². The third kappa shape index (κ3) is 5.47. The Morgan fingerprint density at radius 2 is 1.90 bits per heavy atom. The maximum atomic E-state index is 13.5. The highest BCUT2D eigenvalue weighted by Gasteiger charge is 2.17. The standard InChI is InChI=1S/C21H25FN4O.2ClH/c1-12(2)9-16(23)21(27)25-17-10-14(6-5-13(17)3)20-24-18-11-15(22)7-8-19(18)26(20)4;;/h5-8,10-12,16H,9,23H2,1-4H3,(H,25,27);2*1H/t16-;;/m0../s1. The van der Waals surface area contributed by atoms with Gasteiger partial charge in [-0.3, -0.25) is 4.79 Å². The fraction of sp³-hybridized carbons (Fsp3) is 0.333. The Kier molecular flexibility index (Phi) is 8.63. The molecule has 0 bridgehead atoms. The molecule has 3 rings (SSSR count). The SMILES string of the molecule is Cc1ccc(-c2nc3cc(F)ccc3n2C)cc1NC(=O)[C@@H](N)CC(C)C.Cl.Cl. The van der Waals surface area contributed by atoms with Gasteiger partial charge in [-0.15, -0.1) is 24.8 Å². The van der Waals surface area contributed by atoms with Crippen LogP contribution in [0.3, 0.4) is 0 Å². The summed E-state index contributed by atoms with van der Waals surface area (Å²) < 4.78 is 15.4. The number of fused-ring (bicyclic) bond motifs is 1. The smallest absolute Gasteiger partial charge is 0.241 e. The Bertz CT molecular complexity index is 1000. The van der Waals surface area contributed by atoms with Gasteiger partial charge in [0.25, 0.3) is 0 Å². The molecule has 0 aliphatic rings. The summed E-state index contributed by atoms with van der Waals surface area (Å²) in [5, 5.41) is 2.93. The number of halogens is 3. The van der Waals surface area contributed by atoms with Crippen molar-refractivity contribution in [3.05, 3.63) is 47.8 Å². The number of hydrogen-bond acceptors (Lipinski definition) is 3. The van der Waals surface area contributed by atoms with Crippen LogP contribution in [0.5, 0.6) is 0 Å². The van der Waals surface area contributed by atoms with Gasteiger partial charge in [-0.05, 0) is 43.0 Å². The molecule has 29 heavy (non-hydrogen) atoms. The van der Waals surface area contributed by atoms with E-state index in [1.165, 1.54) is 12.1 Å². The molecule has 0 fully saturated rings. The second kappa shape index (κ2) is 10.1. The summed E-state index contributed by atoms with van der Waals surface area (Å²) in [6.07, 6.45) is 0.626. The topological polar surface area (TPSA) is 72.9 Å². The molecule has 0 aliphatic carbocycles. The lowest BCUT2D eigenvalue weighted by atomic mass is 10.0. The molecular formula is C21H27Cl2FN4O. The second-order valence-electron chi connectivity index (χ2n) is 7.38. The number of carbonyl (C=O) groups excluding carboxylic acids is 1. The molecule has 1 amide bonds. The molecule has 1 atom stereocenters. The van der Waals surface area contributed by atoms with Gasteiger partial charge in [0, 0.05) is 24.4 Å². The summed E-state index contributed by atoms with van der Waals surface area (Å²) in [7, 11) is 1.89. The molecule has 0 spiro atoms. The van der Waals surface area contributed by atoms with Gasteiger partial charge in [0.1, 0.15) is 11.6 Å². The number of hydrogen-bond donors (Lipinski definition) is 2. The molecule has 0 saturated heterocycles. The van der Waals surface area contributed by atoms with Crippen molar-refractivity contribution in [2.24, 2.45) is 18.7 Å². The van der Waals surface area contributed by atoms with E-state index in [0.29, 0.717) is 29.4 Å². The molecule has 0 radical (unpaired) electrons. The Morgan fingerprint density at radius 3 is 2.55 bits per heavy atom. The van der Waals surface area contributed by atoms with Gasteiger partial charge in [-0.1, -0.05) is 26.0 Å². The maximum Gasteiger partial charge on any atom is 0.241 e. The molecule has 0 unspecified atom stereocenters. The number of amides is 1. The number of aryl methyl sites for hydroxylation is 2. The molecular weight excluding hydrogens is 414 g/mol.